The lowest BCUT2D eigenvalue weighted by molar-refractivity contribution is -0.00629. The predicted molar refractivity (Wildman–Crippen MR) is 60.0 cm³/mol. The zero-order chi connectivity index (χ0) is 10.8. The molecular weight excluding hydrogens is 234 g/mol. The van der Waals surface area contributed by atoms with Crippen molar-refractivity contribution in [1.29, 1.82) is 0 Å². The summed E-state index contributed by atoms with van der Waals surface area (Å²) in [5.41, 5.74) is 4.67. The molecule has 0 saturated carbocycles. The third-order valence-electron chi connectivity index (χ3n) is 2.04. The maximum Gasteiger partial charge on any atom is 0.351 e. The van der Waals surface area contributed by atoms with Crippen LogP contribution in [0, 0.1) is 0 Å². The number of aromatic nitrogens is 2. The molecule has 0 unspecified atom stereocenters. The fourth-order valence-corrected chi connectivity index (χ4v) is 2.26. The molecule has 1 aliphatic rings. The number of thioether (sulfide) groups is 1. The molecule has 16 heavy (non-hydrogen) atoms. The number of anilines is 1. The molecule has 1 saturated heterocycles. The van der Waals surface area contributed by atoms with Crippen LogP contribution in [0.1, 0.15) is 6.23 Å². The number of hydrogen-bond donors (Lipinski definition) is 2. The van der Waals surface area contributed by atoms with Crippen LogP contribution in [0.5, 0.6) is 0 Å². The summed E-state index contributed by atoms with van der Waals surface area (Å²) in [5, 5.41) is 8.88. The third-order valence-corrected chi connectivity index (χ3v) is 3.15. The van der Waals surface area contributed by atoms with Crippen LogP contribution in [-0.4, -0.2) is 37.9 Å². The van der Waals surface area contributed by atoms with Gasteiger partial charge in [-0.05, 0) is 6.07 Å². The van der Waals surface area contributed by atoms with E-state index < -0.39 is 5.69 Å². The Morgan fingerprint density at radius 2 is 2.50 bits per heavy atom. The number of rotatable bonds is 2. The topological polar surface area (TPSA) is 122 Å². The number of ether oxygens (including phenoxy) is 1. The second-order valence-corrected chi connectivity index (χ2v) is 4.27. The molecule has 0 radical (unpaired) electrons. The van der Waals surface area contributed by atoms with E-state index in [1.807, 2.05) is 0 Å². The van der Waals surface area contributed by atoms with Gasteiger partial charge in [0.1, 0.15) is 17.5 Å². The zero-order valence-corrected chi connectivity index (χ0v) is 9.18. The molecule has 0 aliphatic carbocycles. The van der Waals surface area contributed by atoms with Crippen molar-refractivity contribution in [3.63, 3.8) is 0 Å². The monoisotopic (exact) mass is 247 g/mol. The number of aliphatic hydroxyl groups excluding tert-OH is 1. The van der Waals surface area contributed by atoms with E-state index in [2.05, 4.69) is 4.98 Å². The van der Waals surface area contributed by atoms with Crippen molar-refractivity contribution in [2.75, 3.05) is 18.1 Å². The Morgan fingerprint density at radius 1 is 1.75 bits per heavy atom. The van der Waals surface area contributed by atoms with E-state index in [1.165, 1.54) is 16.3 Å². The summed E-state index contributed by atoms with van der Waals surface area (Å²) in [6.45, 7) is -0.0572. The number of nitrogens with zero attached hydrogens (tertiary/aromatic N) is 2. The highest BCUT2D eigenvalue weighted by molar-refractivity contribution is 8.00. The molecule has 90 valence electrons. The molecule has 0 spiro atoms. The first-order chi connectivity index (χ1) is 7.20. The fourth-order valence-electron chi connectivity index (χ4n) is 1.33. The van der Waals surface area contributed by atoms with Gasteiger partial charge in [-0.2, -0.15) is 4.98 Å². The minimum atomic E-state index is -0.431. The van der Waals surface area contributed by atoms with Crippen LogP contribution in [0.25, 0.3) is 0 Å². The number of nitrogens with two attached hydrogens (primary N) is 1. The highest BCUT2D eigenvalue weighted by Crippen LogP contribution is 2.30. The van der Waals surface area contributed by atoms with Crippen LogP contribution in [0.3, 0.4) is 0 Å². The SMILES string of the molecule is Nc1ccn([C@@H]2CS[C@H](CO)O2)c(=O)n1.O. The number of nitrogen functional groups attached to an aromatic ring is 1. The Balaban J connectivity index is 0.00000128. The molecule has 0 aromatic carbocycles. The summed E-state index contributed by atoms with van der Waals surface area (Å²) in [4.78, 5) is 15.0. The average molecular weight is 247 g/mol. The highest BCUT2D eigenvalue weighted by Gasteiger charge is 2.27. The molecule has 1 aromatic rings. The van der Waals surface area contributed by atoms with Crippen LogP contribution >= 0.6 is 11.8 Å². The summed E-state index contributed by atoms with van der Waals surface area (Å²) in [6.07, 6.45) is 1.18. The van der Waals surface area contributed by atoms with Gasteiger partial charge in [0.05, 0.1) is 6.61 Å². The second-order valence-electron chi connectivity index (χ2n) is 3.08. The van der Waals surface area contributed by atoms with E-state index in [1.54, 1.807) is 12.3 Å². The Hall–Kier alpha value is -1.09. The highest BCUT2D eigenvalue weighted by atomic mass is 32.2. The van der Waals surface area contributed by atoms with Gasteiger partial charge in [0.15, 0.2) is 0 Å². The van der Waals surface area contributed by atoms with Crippen molar-refractivity contribution < 1.29 is 15.3 Å². The van der Waals surface area contributed by atoms with Gasteiger partial charge in [-0.3, -0.25) is 4.57 Å². The maximum atomic E-state index is 11.4. The van der Waals surface area contributed by atoms with E-state index in [4.69, 9.17) is 15.6 Å². The normalized spacial score (nSPS) is 24.1. The molecule has 7 nitrogen and oxygen atoms in total. The predicted octanol–water partition coefficient (Wildman–Crippen LogP) is -1.42. The van der Waals surface area contributed by atoms with E-state index in [0.717, 1.165) is 0 Å². The van der Waals surface area contributed by atoms with Crippen molar-refractivity contribution in [3.05, 3.63) is 22.7 Å². The first-order valence-corrected chi connectivity index (χ1v) is 5.48. The molecular formula is C8H13N3O4S. The van der Waals surface area contributed by atoms with Crippen molar-refractivity contribution in [3.8, 4) is 0 Å². The Morgan fingerprint density at radius 3 is 3.06 bits per heavy atom. The lowest BCUT2D eigenvalue weighted by Gasteiger charge is -2.13. The van der Waals surface area contributed by atoms with E-state index in [0.29, 0.717) is 5.75 Å². The molecule has 1 aliphatic heterocycles. The van der Waals surface area contributed by atoms with Crippen LogP contribution < -0.4 is 11.4 Å². The first kappa shape index (κ1) is 13.0. The first-order valence-electron chi connectivity index (χ1n) is 4.43. The van der Waals surface area contributed by atoms with Gasteiger partial charge in [0.2, 0.25) is 0 Å². The standard InChI is InChI=1S/C8H11N3O3S.H2O/c9-5-1-2-11(8(13)10-5)6-4-15-7(3-12)14-6;/h1-2,6-7,12H,3-4H2,(H2,9,10,13);1H2/t6-,7+;/m0./s1. The van der Waals surface area contributed by atoms with Gasteiger partial charge in [-0.15, -0.1) is 11.8 Å². The largest absolute Gasteiger partial charge is 0.412 e. The summed E-state index contributed by atoms with van der Waals surface area (Å²) in [5.74, 6) is 0.817. The van der Waals surface area contributed by atoms with Crippen LogP contribution in [0.2, 0.25) is 0 Å². The minimum absolute atomic E-state index is 0. The van der Waals surface area contributed by atoms with E-state index >= 15 is 0 Å². The molecule has 1 aromatic heterocycles. The molecule has 0 amide bonds. The molecule has 8 heteroatoms. The zero-order valence-electron chi connectivity index (χ0n) is 8.37. The van der Waals surface area contributed by atoms with Crippen molar-refractivity contribution in [2.24, 2.45) is 0 Å². The van der Waals surface area contributed by atoms with Gasteiger partial charge in [-0.1, -0.05) is 0 Å². The van der Waals surface area contributed by atoms with E-state index in [9.17, 15) is 4.79 Å². The van der Waals surface area contributed by atoms with Gasteiger partial charge in [-0.25, -0.2) is 4.79 Å². The number of aliphatic hydroxyl groups is 1. The Kier molecular flexibility index (Phi) is 4.30. The van der Waals surface area contributed by atoms with Gasteiger partial charge >= 0.3 is 5.69 Å². The van der Waals surface area contributed by atoms with Gasteiger partial charge in [0.25, 0.3) is 0 Å². The molecule has 2 atom stereocenters. The second kappa shape index (κ2) is 5.30. The Bertz CT molecular complexity index is 411. The molecule has 5 N–H and O–H groups in total. The van der Waals surface area contributed by atoms with Gasteiger partial charge < -0.3 is 21.1 Å². The Labute approximate surface area is 95.5 Å². The minimum Gasteiger partial charge on any atom is -0.412 e. The average Bonchev–Trinajstić information content (AvgIpc) is 2.66. The lowest BCUT2D eigenvalue weighted by atomic mass is 10.5. The van der Waals surface area contributed by atoms with Crippen molar-refractivity contribution in [2.45, 2.75) is 11.7 Å². The van der Waals surface area contributed by atoms with Gasteiger partial charge in [0, 0.05) is 11.9 Å². The molecule has 0 bridgehead atoms. The fraction of sp³-hybridized carbons (Fsp3) is 0.500. The molecule has 1 fully saturated rings. The summed E-state index contributed by atoms with van der Waals surface area (Å²) < 4.78 is 6.79. The lowest BCUT2D eigenvalue weighted by Crippen LogP contribution is -2.28. The van der Waals surface area contributed by atoms with Crippen molar-refractivity contribution in [1.82, 2.24) is 9.55 Å². The molecule has 2 rings (SSSR count). The summed E-state index contributed by atoms with van der Waals surface area (Å²) >= 11 is 1.47. The summed E-state index contributed by atoms with van der Waals surface area (Å²) in [7, 11) is 0. The summed E-state index contributed by atoms with van der Waals surface area (Å²) in [6, 6.07) is 1.54. The quantitative estimate of drug-likeness (QED) is 0.661. The van der Waals surface area contributed by atoms with Crippen molar-refractivity contribution >= 4 is 17.6 Å². The third kappa shape index (κ3) is 2.53. The van der Waals surface area contributed by atoms with Crippen LogP contribution in [-0.2, 0) is 4.74 Å². The smallest absolute Gasteiger partial charge is 0.351 e. The molecule has 2 heterocycles. The van der Waals surface area contributed by atoms with Crippen LogP contribution in [0.15, 0.2) is 17.1 Å². The maximum absolute atomic E-state index is 11.4. The van der Waals surface area contributed by atoms with Crippen LogP contribution in [0.4, 0.5) is 5.82 Å². The number of hydrogen-bond acceptors (Lipinski definition) is 6. The van der Waals surface area contributed by atoms with E-state index in [-0.39, 0.29) is 29.6 Å².